The number of carbonyl (C=O) groups excluding carboxylic acids is 1. The normalized spacial score (nSPS) is 11.6. The van der Waals surface area contributed by atoms with Crippen LogP contribution >= 0.6 is 0 Å². The fourth-order valence-corrected chi connectivity index (χ4v) is 4.90. The summed E-state index contributed by atoms with van der Waals surface area (Å²) in [4.78, 5) is 12.9. The Morgan fingerprint density at radius 3 is 2.15 bits per heavy atom. The number of anilines is 1. The monoisotopic (exact) mass is 477 g/mol. The number of hydrazone groups is 1. The van der Waals surface area contributed by atoms with Crippen LogP contribution < -0.4 is 9.73 Å². The number of hydrogen-bond donors (Lipinski definition) is 1. The van der Waals surface area contributed by atoms with E-state index in [0.717, 1.165) is 32.1 Å². The van der Waals surface area contributed by atoms with Crippen LogP contribution in [0.3, 0.4) is 0 Å². The van der Waals surface area contributed by atoms with E-state index in [1.54, 1.807) is 42.6 Å². The Bertz CT molecular complexity index is 1340. The van der Waals surface area contributed by atoms with Gasteiger partial charge in [-0.25, -0.2) is 13.8 Å². The van der Waals surface area contributed by atoms with Crippen molar-refractivity contribution < 1.29 is 13.2 Å². The zero-order chi connectivity index (χ0) is 25.0. The summed E-state index contributed by atoms with van der Waals surface area (Å²) >= 11 is 0. The van der Waals surface area contributed by atoms with Crippen LogP contribution in [0.5, 0.6) is 0 Å². The average molecular weight is 478 g/mol. The van der Waals surface area contributed by atoms with E-state index in [9.17, 15) is 13.2 Å². The second-order valence-electron chi connectivity index (χ2n) is 8.61. The highest BCUT2D eigenvalue weighted by Gasteiger charge is 2.27. The van der Waals surface area contributed by atoms with Gasteiger partial charge in [-0.3, -0.25) is 9.10 Å². The van der Waals surface area contributed by atoms with Gasteiger partial charge in [0.2, 0.25) is 0 Å². The van der Waals surface area contributed by atoms with E-state index in [1.165, 1.54) is 11.1 Å². The average Bonchev–Trinajstić information content (AvgIpc) is 2.79. The van der Waals surface area contributed by atoms with Crippen LogP contribution in [0.1, 0.15) is 38.9 Å². The number of aryl methyl sites for hydroxylation is 4. The van der Waals surface area contributed by atoms with Crippen LogP contribution in [0, 0.1) is 41.5 Å². The summed E-state index contributed by atoms with van der Waals surface area (Å²) in [6.45, 7) is 11.4. The highest BCUT2D eigenvalue weighted by Crippen LogP contribution is 2.26. The SMILES string of the molecule is Cc1ccc(S(=O)(=O)N(CC(=O)N/N=C\c2ccc(C)c(C)c2C)c2ccc(C)c(C)c2)cc1. The third-order valence-corrected chi connectivity index (χ3v) is 7.96. The number of rotatable bonds is 7. The van der Waals surface area contributed by atoms with Crippen molar-refractivity contribution in [1.82, 2.24) is 5.43 Å². The van der Waals surface area contributed by atoms with Crippen molar-refractivity contribution in [3.05, 3.63) is 93.5 Å². The van der Waals surface area contributed by atoms with Crippen molar-refractivity contribution in [1.29, 1.82) is 0 Å². The molecular formula is C27H31N3O3S. The molecule has 0 spiro atoms. The lowest BCUT2D eigenvalue weighted by Crippen LogP contribution is -2.39. The minimum Gasteiger partial charge on any atom is -0.271 e. The quantitative estimate of drug-likeness (QED) is 0.389. The Kier molecular flexibility index (Phi) is 7.57. The zero-order valence-corrected chi connectivity index (χ0v) is 21.3. The molecule has 0 fully saturated rings. The van der Waals surface area contributed by atoms with Gasteiger partial charge in [-0.05, 0) is 99.2 Å². The smallest absolute Gasteiger partial charge is 0.264 e. The van der Waals surface area contributed by atoms with E-state index in [-0.39, 0.29) is 4.90 Å². The molecule has 0 radical (unpaired) electrons. The maximum Gasteiger partial charge on any atom is 0.264 e. The van der Waals surface area contributed by atoms with Gasteiger partial charge in [-0.1, -0.05) is 35.9 Å². The number of sulfonamides is 1. The summed E-state index contributed by atoms with van der Waals surface area (Å²) in [6, 6.07) is 15.9. The number of amides is 1. The molecule has 6 nitrogen and oxygen atoms in total. The van der Waals surface area contributed by atoms with Crippen LogP contribution in [0.25, 0.3) is 0 Å². The van der Waals surface area contributed by atoms with E-state index in [2.05, 4.69) is 10.5 Å². The topological polar surface area (TPSA) is 78.8 Å². The van der Waals surface area contributed by atoms with Gasteiger partial charge in [0.15, 0.2) is 0 Å². The fourth-order valence-electron chi connectivity index (χ4n) is 3.49. The molecule has 0 saturated carbocycles. The van der Waals surface area contributed by atoms with Gasteiger partial charge >= 0.3 is 0 Å². The van der Waals surface area contributed by atoms with Crippen LogP contribution in [0.2, 0.25) is 0 Å². The number of hydrogen-bond acceptors (Lipinski definition) is 4. The Labute approximate surface area is 202 Å². The molecule has 0 bridgehead atoms. The number of carbonyl (C=O) groups is 1. The molecule has 0 heterocycles. The summed E-state index contributed by atoms with van der Waals surface area (Å²) in [6.07, 6.45) is 1.58. The van der Waals surface area contributed by atoms with Gasteiger partial charge in [0, 0.05) is 0 Å². The van der Waals surface area contributed by atoms with Crippen molar-refractivity contribution in [3.8, 4) is 0 Å². The van der Waals surface area contributed by atoms with Crippen LogP contribution in [-0.2, 0) is 14.8 Å². The van der Waals surface area contributed by atoms with Crippen molar-refractivity contribution in [3.63, 3.8) is 0 Å². The van der Waals surface area contributed by atoms with E-state index < -0.39 is 22.5 Å². The van der Waals surface area contributed by atoms with Crippen molar-refractivity contribution in [2.75, 3.05) is 10.8 Å². The Morgan fingerprint density at radius 2 is 1.50 bits per heavy atom. The molecule has 0 aliphatic carbocycles. The first kappa shape index (κ1) is 25.2. The molecule has 1 amide bonds. The molecule has 3 aromatic carbocycles. The fraction of sp³-hybridized carbons (Fsp3) is 0.259. The van der Waals surface area contributed by atoms with Crippen LogP contribution in [-0.4, -0.2) is 27.1 Å². The molecular weight excluding hydrogens is 446 g/mol. The van der Waals surface area contributed by atoms with Gasteiger partial charge in [-0.15, -0.1) is 0 Å². The summed E-state index contributed by atoms with van der Waals surface area (Å²) < 4.78 is 28.1. The molecule has 7 heteroatoms. The molecule has 0 aliphatic rings. The second-order valence-corrected chi connectivity index (χ2v) is 10.5. The first-order chi connectivity index (χ1) is 16.0. The maximum atomic E-state index is 13.5. The van der Waals surface area contributed by atoms with Gasteiger partial charge < -0.3 is 0 Å². The minimum absolute atomic E-state index is 0.124. The standard InChI is InChI=1S/C27H31N3O3S/c1-18-7-13-26(14-8-18)34(32,33)30(25-12-10-19(2)21(4)15-25)17-27(31)29-28-16-24-11-9-20(3)22(5)23(24)6/h7-16H,17H2,1-6H3,(H,29,31)/b28-16-. The van der Waals surface area contributed by atoms with Gasteiger partial charge in [0.1, 0.15) is 6.54 Å². The molecule has 3 aromatic rings. The third kappa shape index (κ3) is 5.54. The van der Waals surface area contributed by atoms with E-state index in [0.29, 0.717) is 5.69 Å². The highest BCUT2D eigenvalue weighted by molar-refractivity contribution is 7.92. The number of nitrogens with zero attached hydrogens (tertiary/aromatic N) is 2. The zero-order valence-electron chi connectivity index (χ0n) is 20.5. The van der Waals surface area contributed by atoms with Gasteiger partial charge in [-0.2, -0.15) is 5.10 Å². The Balaban J connectivity index is 1.88. The molecule has 0 saturated heterocycles. The molecule has 3 rings (SSSR count). The minimum atomic E-state index is -3.97. The molecule has 178 valence electrons. The molecule has 34 heavy (non-hydrogen) atoms. The van der Waals surface area contributed by atoms with Gasteiger partial charge in [0.05, 0.1) is 16.8 Å². The molecule has 0 aliphatic heterocycles. The second kappa shape index (κ2) is 10.2. The van der Waals surface area contributed by atoms with E-state index >= 15 is 0 Å². The highest BCUT2D eigenvalue weighted by atomic mass is 32.2. The Morgan fingerprint density at radius 1 is 0.853 bits per heavy atom. The third-order valence-electron chi connectivity index (χ3n) is 6.17. The molecule has 0 unspecified atom stereocenters. The lowest BCUT2D eigenvalue weighted by molar-refractivity contribution is -0.119. The largest absolute Gasteiger partial charge is 0.271 e. The first-order valence-electron chi connectivity index (χ1n) is 11.1. The molecule has 1 N–H and O–H groups in total. The first-order valence-corrected chi connectivity index (χ1v) is 12.5. The molecule has 0 atom stereocenters. The molecule has 0 aromatic heterocycles. The summed E-state index contributed by atoms with van der Waals surface area (Å²) in [5.74, 6) is -0.536. The maximum absolute atomic E-state index is 13.5. The summed E-state index contributed by atoms with van der Waals surface area (Å²) in [5, 5.41) is 4.07. The lowest BCUT2D eigenvalue weighted by atomic mass is 10.00. The van der Waals surface area contributed by atoms with Crippen molar-refractivity contribution in [2.24, 2.45) is 5.10 Å². The Hall–Kier alpha value is -3.45. The van der Waals surface area contributed by atoms with Gasteiger partial charge in [0.25, 0.3) is 15.9 Å². The number of benzene rings is 3. The van der Waals surface area contributed by atoms with Crippen LogP contribution in [0.15, 0.2) is 64.6 Å². The van der Waals surface area contributed by atoms with E-state index in [4.69, 9.17) is 0 Å². The lowest BCUT2D eigenvalue weighted by Gasteiger charge is -2.24. The van der Waals surface area contributed by atoms with Crippen molar-refractivity contribution in [2.45, 2.75) is 46.4 Å². The summed E-state index contributed by atoms with van der Waals surface area (Å²) in [7, 11) is -3.97. The summed E-state index contributed by atoms with van der Waals surface area (Å²) in [5.41, 5.74) is 10.1. The number of nitrogens with one attached hydrogen (secondary N) is 1. The van der Waals surface area contributed by atoms with E-state index in [1.807, 2.05) is 59.7 Å². The predicted octanol–water partition coefficient (Wildman–Crippen LogP) is 4.88. The van der Waals surface area contributed by atoms with Crippen LogP contribution in [0.4, 0.5) is 5.69 Å². The predicted molar refractivity (Wildman–Crippen MR) is 138 cm³/mol. The van der Waals surface area contributed by atoms with Crippen molar-refractivity contribution >= 4 is 27.8 Å².